The van der Waals surface area contributed by atoms with Crippen LogP contribution in [0.3, 0.4) is 0 Å². The molecule has 0 aromatic heterocycles. The highest BCUT2D eigenvalue weighted by Crippen LogP contribution is 2.42. The predicted octanol–water partition coefficient (Wildman–Crippen LogP) is 9.86. The number of carboxylic acids is 1. The van der Waals surface area contributed by atoms with Gasteiger partial charge < -0.3 is 80.8 Å². The van der Waals surface area contributed by atoms with Crippen molar-refractivity contribution in [1.82, 2.24) is 62.1 Å². The van der Waals surface area contributed by atoms with Gasteiger partial charge in [0.15, 0.2) is 11.2 Å². The van der Waals surface area contributed by atoms with Gasteiger partial charge in [0.2, 0.25) is 0 Å². The number of carboxylic acid groups (broad SMARTS) is 1. The number of aromatic carboxylic acids is 1. The highest BCUT2D eigenvalue weighted by atomic mass is 16.5. The molecule has 0 atom stereocenters. The normalized spacial score (nSPS) is 18.2. The largest absolute Gasteiger partial charge is 0.508 e. The second-order valence-corrected chi connectivity index (χ2v) is 30.4. The van der Waals surface area contributed by atoms with Gasteiger partial charge in [0, 0.05) is 178 Å². The Morgan fingerprint density at radius 2 is 0.802 bits per heavy atom. The highest BCUT2D eigenvalue weighted by molar-refractivity contribution is 6.09. The number of carbonyl (C=O) groups excluding carboxylic acids is 1. The fraction of sp³-hybridized carbons (Fsp3) is 0.557. The molecule has 0 unspecified atom stereocenters. The molecule has 11 rings (SSSR count). The van der Waals surface area contributed by atoms with Crippen molar-refractivity contribution in [3.05, 3.63) is 164 Å². The highest BCUT2D eigenvalue weighted by Gasteiger charge is 2.25. The van der Waals surface area contributed by atoms with E-state index in [2.05, 4.69) is 117 Å². The number of hydrogen-bond donors (Lipinski definition) is 10. The maximum absolute atomic E-state index is 13.6. The van der Waals surface area contributed by atoms with E-state index in [1.54, 1.807) is 24.3 Å². The van der Waals surface area contributed by atoms with E-state index in [0.717, 1.165) is 206 Å². The lowest BCUT2D eigenvalue weighted by atomic mass is 9.89. The fourth-order valence-corrected chi connectivity index (χ4v) is 15.3. The van der Waals surface area contributed by atoms with Crippen molar-refractivity contribution in [3.8, 4) is 45.4 Å². The third-order valence-corrected chi connectivity index (χ3v) is 21.2. The molecule has 0 amide bonds. The molecule has 5 heterocycles. The third kappa shape index (κ3) is 29.8. The Hall–Kier alpha value is -7.43. The van der Waals surface area contributed by atoms with Crippen LogP contribution in [0.4, 0.5) is 0 Å². The molecule has 6 aliphatic rings. The van der Waals surface area contributed by atoms with Crippen LogP contribution in [0.25, 0.3) is 33.4 Å². The molecule has 4 fully saturated rings. The minimum Gasteiger partial charge on any atom is -0.508 e. The van der Waals surface area contributed by atoms with Crippen LogP contribution < -0.4 is 62.2 Å². The van der Waals surface area contributed by atoms with Gasteiger partial charge in [-0.05, 0) is 222 Å². The minimum atomic E-state index is -1.22. The monoisotopic (exact) mass is 1530 g/mol. The van der Waals surface area contributed by atoms with Crippen LogP contribution in [-0.2, 0) is 48.9 Å². The first-order valence-corrected chi connectivity index (χ1v) is 41.7. The van der Waals surface area contributed by atoms with Gasteiger partial charge >= 0.3 is 5.97 Å². The van der Waals surface area contributed by atoms with Gasteiger partial charge in [-0.15, -0.1) is 0 Å². The summed E-state index contributed by atoms with van der Waals surface area (Å²) in [6, 6.07) is 33.8. The zero-order chi connectivity index (χ0) is 76.7. The number of Topliss-reactive ketones (excluding diaryl/α,β-unsaturated/α-hetero) is 1. The van der Waals surface area contributed by atoms with Crippen molar-refractivity contribution >= 4 is 22.7 Å². The first-order chi connectivity index (χ1) is 54.6. The van der Waals surface area contributed by atoms with Gasteiger partial charge in [-0.25, -0.2) is 4.79 Å². The van der Waals surface area contributed by atoms with E-state index in [9.17, 15) is 24.6 Å². The van der Waals surface area contributed by atoms with Gasteiger partial charge in [0.1, 0.15) is 54.2 Å². The van der Waals surface area contributed by atoms with Crippen LogP contribution in [0.1, 0.15) is 144 Å². The molecular formula is C88H126N12O11. The first-order valence-electron chi connectivity index (χ1n) is 41.7. The Morgan fingerprint density at radius 3 is 1.30 bits per heavy atom. The Bertz CT molecular complexity index is 3670. The molecule has 0 bridgehead atoms. The number of rotatable bonds is 28. The van der Waals surface area contributed by atoms with Crippen molar-refractivity contribution in [3.63, 3.8) is 0 Å². The zero-order valence-electron chi connectivity index (χ0n) is 65.9. The molecule has 5 aliphatic heterocycles. The Balaban J connectivity index is 0.774. The molecule has 5 aromatic carbocycles. The molecule has 23 heteroatoms. The second-order valence-electron chi connectivity index (χ2n) is 30.4. The lowest BCUT2D eigenvalue weighted by Gasteiger charge is -2.26. The summed E-state index contributed by atoms with van der Waals surface area (Å²) in [5, 5.41) is 50.7. The SMILES string of the molecule is O=C(CCCOCCOCCOc1cc(COc2cc(CN3CCCCCNCCNCC3)cc(CN3CCNCCCCCNCC3)c2)cc(COc2cc(CN3CCCCCNCCNCC3)cc(CN3CCNCCCCCNCC3)c2)c1)c1ccc(-c2c3ccc(=O)cc-3oc3cc(O)ccc23)c(C(=O)O)c1. The summed E-state index contributed by atoms with van der Waals surface area (Å²) in [6.45, 7) is 29.4. The Kier molecular flexibility index (Phi) is 36.5. The molecule has 0 saturated carbocycles. The maximum Gasteiger partial charge on any atom is 0.336 e. The fourth-order valence-electron chi connectivity index (χ4n) is 15.3. The van der Waals surface area contributed by atoms with E-state index in [1.165, 1.54) is 130 Å². The average molecular weight is 1530 g/mol. The van der Waals surface area contributed by atoms with Crippen LogP contribution in [0.5, 0.6) is 23.0 Å². The van der Waals surface area contributed by atoms with Crippen molar-refractivity contribution in [1.29, 1.82) is 0 Å². The van der Waals surface area contributed by atoms with Crippen molar-refractivity contribution < 1.29 is 47.9 Å². The average Bonchev–Trinajstić information content (AvgIpc) is 0.749. The van der Waals surface area contributed by atoms with E-state index >= 15 is 0 Å². The number of carbonyl (C=O) groups is 2. The second kappa shape index (κ2) is 47.9. The van der Waals surface area contributed by atoms with Gasteiger partial charge in [-0.3, -0.25) is 29.2 Å². The van der Waals surface area contributed by atoms with Crippen LogP contribution in [0.15, 0.2) is 118 Å². The molecule has 111 heavy (non-hydrogen) atoms. The first kappa shape index (κ1) is 84.5. The molecule has 0 spiro atoms. The number of fused-ring (bicyclic) bond motifs is 2. The van der Waals surface area contributed by atoms with E-state index < -0.39 is 5.97 Å². The van der Waals surface area contributed by atoms with E-state index in [0.29, 0.717) is 80.5 Å². The summed E-state index contributed by atoms with van der Waals surface area (Å²) >= 11 is 0. The summed E-state index contributed by atoms with van der Waals surface area (Å²) in [6.07, 6.45) is 15.0. The van der Waals surface area contributed by atoms with Gasteiger partial charge in [-0.1, -0.05) is 49.9 Å². The molecule has 0 radical (unpaired) electrons. The summed E-state index contributed by atoms with van der Waals surface area (Å²) < 4.78 is 38.6. The smallest absolute Gasteiger partial charge is 0.336 e. The van der Waals surface area contributed by atoms with E-state index in [-0.39, 0.29) is 45.9 Å². The summed E-state index contributed by atoms with van der Waals surface area (Å²) in [7, 11) is 0. The molecule has 10 N–H and O–H groups in total. The molecular weight excluding hydrogens is 1400 g/mol. The number of ether oxygens (including phenoxy) is 5. The van der Waals surface area contributed by atoms with Crippen LogP contribution in [0, 0.1) is 0 Å². The Labute approximate surface area is 658 Å². The molecule has 4 saturated heterocycles. The van der Waals surface area contributed by atoms with Crippen molar-refractivity contribution in [2.24, 2.45) is 0 Å². The Morgan fingerprint density at radius 1 is 0.387 bits per heavy atom. The summed E-state index contributed by atoms with van der Waals surface area (Å²) in [5.41, 5.74) is 8.52. The van der Waals surface area contributed by atoms with Crippen molar-refractivity contribution in [2.75, 3.05) is 190 Å². The van der Waals surface area contributed by atoms with E-state index in [1.807, 2.05) is 0 Å². The van der Waals surface area contributed by atoms with Crippen molar-refractivity contribution in [2.45, 2.75) is 129 Å². The molecule has 5 aromatic rings. The number of ketones is 1. The number of benzene rings is 6. The maximum atomic E-state index is 13.6. The number of phenols is 1. The lowest BCUT2D eigenvalue weighted by molar-refractivity contribution is 0.0352. The van der Waals surface area contributed by atoms with E-state index in [4.69, 9.17) is 28.1 Å². The number of aromatic hydroxyl groups is 1. The lowest BCUT2D eigenvalue weighted by Crippen LogP contribution is -2.37. The van der Waals surface area contributed by atoms with Gasteiger partial charge in [0.25, 0.3) is 0 Å². The zero-order valence-corrected chi connectivity index (χ0v) is 65.9. The standard InChI is InChI=1S/C88H126N12O11/c101-75-16-19-81-85(60-75)111-86-61-76(102)17-20-82(86)87(81)80-18-15-74(59-83(80)88(104)105)84(103)14-13-45-106-46-47-107-48-49-108-77-57-72(66-109-78-53-68(62-97-37-11-3-9-21-89-27-29-95-35-39-97)50-70(55-78)64-99-41-31-91-23-5-1-6-24-92-32-42-99)52-73(58-77)67-110-79-54-69(63-98-38-12-4-10-22-90-28-30-96-36-40-98)51-71(56-79)65-100-43-33-93-25-7-2-8-26-94-34-44-100/h15-20,50-61,89-96,101H,1-14,21-49,62-67H2,(H,104,105). The van der Waals surface area contributed by atoms with Crippen LogP contribution in [-0.4, -0.2) is 232 Å². The number of hydrogen-bond acceptors (Lipinski definition) is 22. The number of nitrogens with zero attached hydrogens (tertiary/aromatic N) is 4. The quantitative estimate of drug-likeness (QED) is 0.0124. The molecule has 23 nitrogen and oxygen atoms in total. The molecule has 1 aliphatic carbocycles. The topological polar surface area (TPSA) is 260 Å². The van der Waals surface area contributed by atoms with Gasteiger partial charge in [-0.2, -0.15) is 0 Å². The summed E-state index contributed by atoms with van der Waals surface area (Å²) in [4.78, 5) is 49.3. The predicted molar refractivity (Wildman–Crippen MR) is 441 cm³/mol. The number of phenolic OH excluding ortho intramolecular Hbond substituents is 1. The number of nitrogens with one attached hydrogen (secondary N) is 8. The molecule has 604 valence electrons. The summed E-state index contributed by atoms with van der Waals surface area (Å²) in [5.74, 6) is 1.16. The van der Waals surface area contributed by atoms with Crippen LogP contribution in [0.2, 0.25) is 0 Å². The van der Waals surface area contributed by atoms with Gasteiger partial charge in [0.05, 0.1) is 25.4 Å². The minimum absolute atomic E-state index is 0.0455. The third-order valence-electron chi connectivity index (χ3n) is 21.2. The van der Waals surface area contributed by atoms with Crippen LogP contribution >= 0.6 is 0 Å².